The highest BCUT2D eigenvalue weighted by Gasteiger charge is 2.41. The van der Waals surface area contributed by atoms with Crippen LogP contribution in [0.3, 0.4) is 0 Å². The van der Waals surface area contributed by atoms with Crippen molar-refractivity contribution in [3.05, 3.63) is 22.3 Å². The van der Waals surface area contributed by atoms with Gasteiger partial charge in [-0.2, -0.15) is 0 Å². The molecule has 18 heavy (non-hydrogen) atoms. The number of allylic oxidation sites excluding steroid dienone is 2. The standard InChI is InChI=1S/C13H18BrN3O/c14-10-4-1-5-11-13(10)17-6-2-3-9(17)7-16(11)8-12(15)18/h1,4,9,11H,2-3,5-8H2,(H2,15,18). The van der Waals surface area contributed by atoms with Crippen LogP contribution < -0.4 is 5.73 Å². The van der Waals surface area contributed by atoms with E-state index in [0.29, 0.717) is 18.6 Å². The summed E-state index contributed by atoms with van der Waals surface area (Å²) in [6.45, 7) is 2.47. The second kappa shape index (κ2) is 4.70. The van der Waals surface area contributed by atoms with Crippen molar-refractivity contribution >= 4 is 21.8 Å². The maximum absolute atomic E-state index is 11.2. The number of halogens is 1. The molecule has 2 atom stereocenters. The molecule has 2 N–H and O–H groups in total. The van der Waals surface area contributed by atoms with Gasteiger partial charge in [-0.3, -0.25) is 9.69 Å². The Balaban J connectivity index is 1.93. The van der Waals surface area contributed by atoms with E-state index in [0.717, 1.165) is 19.5 Å². The van der Waals surface area contributed by atoms with Gasteiger partial charge in [0.2, 0.25) is 5.91 Å². The quantitative estimate of drug-likeness (QED) is 0.833. The number of fused-ring (bicyclic) bond motifs is 3. The number of rotatable bonds is 2. The van der Waals surface area contributed by atoms with Crippen molar-refractivity contribution in [3.63, 3.8) is 0 Å². The Labute approximate surface area is 116 Å². The van der Waals surface area contributed by atoms with Crippen molar-refractivity contribution in [2.45, 2.75) is 31.3 Å². The summed E-state index contributed by atoms with van der Waals surface area (Å²) in [6.07, 6.45) is 7.74. The molecule has 2 fully saturated rings. The molecule has 3 aliphatic rings. The Kier molecular flexibility index (Phi) is 3.20. The number of carbonyl (C=O) groups excluding carboxylic acids is 1. The zero-order chi connectivity index (χ0) is 12.7. The van der Waals surface area contributed by atoms with Crippen LogP contribution in [0.5, 0.6) is 0 Å². The number of piperazine rings is 1. The number of primary amides is 1. The fraction of sp³-hybridized carbons (Fsp3) is 0.615. The third-order valence-electron chi connectivity index (χ3n) is 4.12. The summed E-state index contributed by atoms with van der Waals surface area (Å²) >= 11 is 3.67. The average molecular weight is 312 g/mol. The van der Waals surface area contributed by atoms with Crippen LogP contribution in [-0.2, 0) is 4.79 Å². The highest BCUT2D eigenvalue weighted by atomic mass is 79.9. The van der Waals surface area contributed by atoms with Gasteiger partial charge in [-0.05, 0) is 35.2 Å². The molecule has 0 aromatic carbocycles. The number of hydrogen-bond acceptors (Lipinski definition) is 3. The minimum atomic E-state index is -0.230. The van der Waals surface area contributed by atoms with Gasteiger partial charge in [0, 0.05) is 29.3 Å². The second-order valence-corrected chi connectivity index (χ2v) is 6.13. The number of amides is 1. The van der Waals surface area contributed by atoms with Gasteiger partial charge in [-0.25, -0.2) is 0 Å². The van der Waals surface area contributed by atoms with E-state index >= 15 is 0 Å². The van der Waals surface area contributed by atoms with E-state index in [4.69, 9.17) is 5.73 Å². The second-order valence-electron chi connectivity index (χ2n) is 5.27. The molecule has 0 radical (unpaired) electrons. The van der Waals surface area contributed by atoms with Crippen LogP contribution in [-0.4, -0.2) is 47.4 Å². The van der Waals surface area contributed by atoms with Gasteiger partial charge in [-0.15, -0.1) is 0 Å². The van der Waals surface area contributed by atoms with Crippen molar-refractivity contribution in [2.75, 3.05) is 19.6 Å². The molecule has 0 saturated carbocycles. The highest BCUT2D eigenvalue weighted by molar-refractivity contribution is 9.11. The summed E-state index contributed by atoms with van der Waals surface area (Å²) in [5.41, 5.74) is 6.73. The first kappa shape index (κ1) is 12.2. The Hall–Kier alpha value is -0.810. The lowest BCUT2D eigenvalue weighted by Crippen LogP contribution is -2.56. The third-order valence-corrected chi connectivity index (χ3v) is 4.79. The van der Waals surface area contributed by atoms with Gasteiger partial charge < -0.3 is 10.6 Å². The van der Waals surface area contributed by atoms with E-state index in [1.807, 2.05) is 0 Å². The fourth-order valence-electron chi connectivity index (χ4n) is 3.42. The van der Waals surface area contributed by atoms with Gasteiger partial charge in [0.25, 0.3) is 0 Å². The molecular weight excluding hydrogens is 294 g/mol. The largest absolute Gasteiger partial charge is 0.369 e. The molecule has 2 unspecified atom stereocenters. The molecular formula is C13H18BrN3O. The van der Waals surface area contributed by atoms with Crippen molar-refractivity contribution in [3.8, 4) is 0 Å². The zero-order valence-corrected chi connectivity index (χ0v) is 11.9. The van der Waals surface area contributed by atoms with Crippen molar-refractivity contribution in [1.29, 1.82) is 0 Å². The summed E-state index contributed by atoms with van der Waals surface area (Å²) < 4.78 is 1.17. The molecule has 1 aliphatic carbocycles. The summed E-state index contributed by atoms with van der Waals surface area (Å²) in [4.78, 5) is 16.0. The minimum absolute atomic E-state index is 0.230. The van der Waals surface area contributed by atoms with E-state index in [9.17, 15) is 4.79 Å². The fourth-order valence-corrected chi connectivity index (χ4v) is 4.10. The number of nitrogens with zero attached hydrogens (tertiary/aromatic N) is 2. The summed E-state index contributed by atoms with van der Waals surface area (Å²) in [5.74, 6) is -0.230. The predicted molar refractivity (Wildman–Crippen MR) is 74.0 cm³/mol. The normalized spacial score (nSPS) is 31.5. The molecule has 0 spiro atoms. The predicted octanol–water partition coefficient (Wildman–Crippen LogP) is 1.19. The van der Waals surface area contributed by atoms with Crippen molar-refractivity contribution < 1.29 is 4.79 Å². The molecule has 0 aromatic heterocycles. The number of hydrogen-bond donors (Lipinski definition) is 1. The smallest absolute Gasteiger partial charge is 0.231 e. The zero-order valence-electron chi connectivity index (χ0n) is 10.3. The maximum Gasteiger partial charge on any atom is 0.231 e. The molecule has 98 valence electrons. The monoisotopic (exact) mass is 311 g/mol. The summed E-state index contributed by atoms with van der Waals surface area (Å²) in [5, 5.41) is 0. The van der Waals surface area contributed by atoms with Crippen LogP contribution in [0.1, 0.15) is 19.3 Å². The lowest BCUT2D eigenvalue weighted by molar-refractivity contribution is -0.120. The number of carbonyl (C=O) groups is 1. The van der Waals surface area contributed by atoms with Gasteiger partial charge in [0.1, 0.15) is 0 Å². The number of nitrogens with two attached hydrogens (primary N) is 1. The Morgan fingerprint density at radius 2 is 2.39 bits per heavy atom. The van der Waals surface area contributed by atoms with Crippen molar-refractivity contribution in [1.82, 2.24) is 9.80 Å². The lowest BCUT2D eigenvalue weighted by Gasteiger charge is -2.47. The SMILES string of the molecule is NC(=O)CN1CC2CCCN2C2=C(Br)C=CCC21. The first-order valence-corrected chi connectivity index (χ1v) is 7.31. The van der Waals surface area contributed by atoms with Crippen molar-refractivity contribution in [2.24, 2.45) is 5.73 Å². The topological polar surface area (TPSA) is 49.6 Å². The minimum Gasteiger partial charge on any atom is -0.369 e. The first-order valence-electron chi connectivity index (χ1n) is 6.52. The van der Waals surface area contributed by atoms with Gasteiger partial charge >= 0.3 is 0 Å². The van der Waals surface area contributed by atoms with E-state index in [1.54, 1.807) is 0 Å². The molecule has 4 nitrogen and oxygen atoms in total. The first-order chi connectivity index (χ1) is 8.66. The summed E-state index contributed by atoms with van der Waals surface area (Å²) in [7, 11) is 0. The molecule has 0 bridgehead atoms. The molecule has 2 aliphatic heterocycles. The summed E-state index contributed by atoms with van der Waals surface area (Å²) in [6, 6.07) is 0.862. The van der Waals surface area contributed by atoms with Crippen LogP contribution in [0.15, 0.2) is 22.3 Å². The van der Waals surface area contributed by atoms with E-state index in [-0.39, 0.29) is 5.91 Å². The molecule has 3 rings (SSSR count). The average Bonchev–Trinajstić information content (AvgIpc) is 2.76. The third kappa shape index (κ3) is 1.99. The molecule has 5 heteroatoms. The van der Waals surface area contributed by atoms with Crippen LogP contribution in [0.25, 0.3) is 0 Å². The van der Waals surface area contributed by atoms with Gasteiger partial charge in [-0.1, -0.05) is 12.2 Å². The molecule has 2 heterocycles. The highest BCUT2D eigenvalue weighted by Crippen LogP contribution is 2.38. The molecule has 2 saturated heterocycles. The Morgan fingerprint density at radius 1 is 1.56 bits per heavy atom. The van der Waals surface area contributed by atoms with Gasteiger partial charge in [0.05, 0.1) is 12.6 Å². The van der Waals surface area contributed by atoms with Gasteiger partial charge in [0.15, 0.2) is 0 Å². The lowest BCUT2D eigenvalue weighted by atomic mass is 9.96. The maximum atomic E-state index is 11.2. The van der Waals surface area contributed by atoms with E-state index in [1.165, 1.54) is 23.0 Å². The molecule has 1 amide bonds. The van der Waals surface area contributed by atoms with Crippen LogP contribution >= 0.6 is 15.9 Å². The van der Waals surface area contributed by atoms with Crippen LogP contribution in [0.4, 0.5) is 0 Å². The van der Waals surface area contributed by atoms with Crippen LogP contribution in [0.2, 0.25) is 0 Å². The Bertz CT molecular complexity index is 432. The molecule has 0 aromatic rings. The van der Waals surface area contributed by atoms with E-state index < -0.39 is 0 Å². The van der Waals surface area contributed by atoms with Crippen LogP contribution in [0, 0.1) is 0 Å². The van der Waals surface area contributed by atoms with E-state index in [2.05, 4.69) is 37.9 Å². The Morgan fingerprint density at radius 3 is 3.17 bits per heavy atom.